The Labute approximate surface area is 137 Å². The van der Waals surface area contributed by atoms with Gasteiger partial charge in [0.1, 0.15) is 0 Å². The Morgan fingerprint density at radius 1 is 0.700 bits per heavy atom. The Kier molecular flexibility index (Phi) is 3.77. The average Bonchev–Trinajstić information content (AvgIpc) is 2.90. The Balaban J connectivity index is 0.00000121. The molecule has 0 aliphatic rings. The van der Waals surface area contributed by atoms with Crippen molar-refractivity contribution in [2.24, 2.45) is 0 Å². The third-order valence-electron chi connectivity index (χ3n) is 3.48. The number of rotatable bonds is 1. The predicted octanol–water partition coefficient (Wildman–Crippen LogP) is 5.52. The van der Waals surface area contributed by atoms with E-state index < -0.39 is 0 Å². The molecule has 0 N–H and O–H groups in total. The molecular formula is C18H11AgS. The number of hydrogen-bond donors (Lipinski definition) is 0. The molecule has 0 spiro atoms. The summed E-state index contributed by atoms with van der Waals surface area (Å²) in [6.45, 7) is 0. The van der Waals surface area contributed by atoms with Gasteiger partial charge in [-0.2, -0.15) is 0 Å². The van der Waals surface area contributed by atoms with Gasteiger partial charge in [-0.1, -0.05) is 81.7 Å². The minimum absolute atomic E-state index is 0. The molecule has 1 aromatic heterocycles. The minimum Gasteiger partial charge on any atom is -0.256 e. The van der Waals surface area contributed by atoms with E-state index in [0.717, 1.165) is 0 Å². The molecule has 4 aromatic rings. The molecule has 0 radical (unpaired) electrons. The fraction of sp³-hybridized carbons (Fsp3) is 0. The Morgan fingerprint density at radius 3 is 2.30 bits per heavy atom. The standard InChI is InChI=1S/C18H11S.Ag/c1-2-8-14-13(6-1)7-5-10-15(14)17-12-19-18-11-4-3-9-16(17)18;/h1-11H;/q-1;+1. The molecule has 0 fully saturated rings. The van der Waals surface area contributed by atoms with E-state index in [-0.39, 0.29) is 22.4 Å². The van der Waals surface area contributed by atoms with Crippen molar-refractivity contribution < 1.29 is 22.4 Å². The number of fused-ring (bicyclic) bond motifs is 2. The van der Waals surface area contributed by atoms with Crippen LogP contribution in [-0.4, -0.2) is 0 Å². The van der Waals surface area contributed by atoms with Crippen molar-refractivity contribution in [3.63, 3.8) is 0 Å². The van der Waals surface area contributed by atoms with Gasteiger partial charge in [-0.05, 0) is 5.39 Å². The van der Waals surface area contributed by atoms with Crippen molar-refractivity contribution in [3.8, 4) is 11.1 Å². The van der Waals surface area contributed by atoms with Gasteiger partial charge in [-0.3, -0.25) is 11.3 Å². The number of thiophene rings is 1. The van der Waals surface area contributed by atoms with Crippen LogP contribution in [0.25, 0.3) is 32.0 Å². The second kappa shape index (κ2) is 5.55. The summed E-state index contributed by atoms with van der Waals surface area (Å²) < 4.78 is 1.30. The molecule has 0 nitrogen and oxygen atoms in total. The fourth-order valence-corrected chi connectivity index (χ4v) is 3.43. The molecule has 0 amide bonds. The second-order valence-electron chi connectivity index (χ2n) is 4.60. The van der Waals surface area contributed by atoms with Crippen LogP contribution >= 0.6 is 11.3 Å². The van der Waals surface area contributed by atoms with Gasteiger partial charge in [-0.25, -0.2) is 0 Å². The monoisotopic (exact) mass is 366 g/mol. The van der Waals surface area contributed by atoms with Crippen molar-refractivity contribution in [2.75, 3.05) is 0 Å². The van der Waals surface area contributed by atoms with E-state index in [0.29, 0.717) is 0 Å². The van der Waals surface area contributed by atoms with Crippen LogP contribution in [0, 0.1) is 5.38 Å². The molecule has 1 heterocycles. The first-order chi connectivity index (χ1) is 9.43. The maximum absolute atomic E-state index is 3.46. The van der Waals surface area contributed by atoms with E-state index in [1.165, 1.54) is 32.0 Å². The van der Waals surface area contributed by atoms with Crippen molar-refractivity contribution in [1.29, 1.82) is 0 Å². The summed E-state index contributed by atoms with van der Waals surface area (Å²) in [6, 6.07) is 23.5. The quantitative estimate of drug-likeness (QED) is 0.307. The molecule has 3 aromatic carbocycles. The van der Waals surface area contributed by atoms with Crippen LogP contribution in [0.15, 0.2) is 66.7 Å². The zero-order chi connectivity index (χ0) is 12.7. The van der Waals surface area contributed by atoms with E-state index in [1.54, 1.807) is 11.3 Å². The van der Waals surface area contributed by atoms with Crippen LogP contribution in [0.1, 0.15) is 0 Å². The fourth-order valence-electron chi connectivity index (χ4n) is 2.57. The molecule has 4 rings (SSSR count). The van der Waals surface area contributed by atoms with E-state index in [1.807, 2.05) is 0 Å². The summed E-state index contributed by atoms with van der Waals surface area (Å²) in [5.41, 5.74) is 2.49. The van der Waals surface area contributed by atoms with Crippen LogP contribution in [0.2, 0.25) is 0 Å². The first-order valence-corrected chi connectivity index (χ1v) is 7.12. The first-order valence-electron chi connectivity index (χ1n) is 6.31. The van der Waals surface area contributed by atoms with Crippen molar-refractivity contribution in [3.05, 3.63) is 72.1 Å². The van der Waals surface area contributed by atoms with E-state index in [9.17, 15) is 0 Å². The van der Waals surface area contributed by atoms with Gasteiger partial charge in [0, 0.05) is 0 Å². The van der Waals surface area contributed by atoms with Crippen LogP contribution in [0.5, 0.6) is 0 Å². The summed E-state index contributed by atoms with van der Waals surface area (Å²) in [5.74, 6) is 0. The Hall–Kier alpha value is -1.38. The summed E-state index contributed by atoms with van der Waals surface area (Å²) in [5, 5.41) is 7.34. The van der Waals surface area contributed by atoms with Gasteiger partial charge in [0.25, 0.3) is 0 Å². The maximum atomic E-state index is 3.46. The smallest absolute Gasteiger partial charge is 0.256 e. The molecule has 0 unspecified atom stereocenters. The third-order valence-corrected chi connectivity index (χ3v) is 4.36. The zero-order valence-corrected chi connectivity index (χ0v) is 12.9. The maximum Gasteiger partial charge on any atom is 1.00 e. The molecule has 100 valence electrons. The van der Waals surface area contributed by atoms with E-state index >= 15 is 0 Å². The van der Waals surface area contributed by atoms with Gasteiger partial charge >= 0.3 is 22.4 Å². The second-order valence-corrected chi connectivity index (χ2v) is 5.45. The van der Waals surface area contributed by atoms with E-state index in [4.69, 9.17) is 0 Å². The SMILES string of the molecule is [Ag+].[c-]1sc2ccccc2c1-c1cccc2ccccc12. The number of benzene rings is 3. The number of hydrogen-bond acceptors (Lipinski definition) is 1. The van der Waals surface area contributed by atoms with Crippen LogP contribution in [-0.2, 0) is 22.4 Å². The molecule has 0 aliphatic carbocycles. The summed E-state index contributed by atoms with van der Waals surface area (Å²) in [7, 11) is 0. The normalized spacial score (nSPS) is 10.6. The summed E-state index contributed by atoms with van der Waals surface area (Å²) in [4.78, 5) is 0. The molecule has 0 bridgehead atoms. The summed E-state index contributed by atoms with van der Waals surface area (Å²) >= 11 is 1.69. The van der Waals surface area contributed by atoms with Crippen LogP contribution < -0.4 is 0 Å². The first kappa shape index (κ1) is 13.6. The van der Waals surface area contributed by atoms with Gasteiger partial charge in [0.15, 0.2) is 0 Å². The molecule has 0 saturated heterocycles. The minimum atomic E-state index is 0. The Bertz CT molecular complexity index is 871. The predicted molar refractivity (Wildman–Crippen MR) is 83.6 cm³/mol. The topological polar surface area (TPSA) is 0 Å². The van der Waals surface area contributed by atoms with Crippen molar-refractivity contribution >= 4 is 32.2 Å². The zero-order valence-electron chi connectivity index (χ0n) is 10.6. The van der Waals surface area contributed by atoms with Crippen LogP contribution in [0.3, 0.4) is 0 Å². The van der Waals surface area contributed by atoms with Gasteiger partial charge < -0.3 is 0 Å². The van der Waals surface area contributed by atoms with E-state index in [2.05, 4.69) is 72.1 Å². The molecular weight excluding hydrogens is 356 g/mol. The third kappa shape index (κ3) is 2.13. The van der Waals surface area contributed by atoms with Gasteiger partial charge in [0.05, 0.1) is 0 Å². The van der Waals surface area contributed by atoms with Crippen LogP contribution in [0.4, 0.5) is 0 Å². The van der Waals surface area contributed by atoms with Gasteiger partial charge in [-0.15, -0.1) is 17.0 Å². The average molecular weight is 367 g/mol. The summed E-state index contributed by atoms with van der Waals surface area (Å²) in [6.07, 6.45) is 0. The molecule has 0 saturated carbocycles. The molecule has 0 aliphatic heterocycles. The molecule has 20 heavy (non-hydrogen) atoms. The molecule has 2 heteroatoms. The van der Waals surface area contributed by atoms with Crippen molar-refractivity contribution in [1.82, 2.24) is 0 Å². The van der Waals surface area contributed by atoms with Gasteiger partial charge in [0.2, 0.25) is 0 Å². The largest absolute Gasteiger partial charge is 1.00 e. The van der Waals surface area contributed by atoms with Crippen molar-refractivity contribution in [2.45, 2.75) is 0 Å². The molecule has 0 atom stereocenters. The Morgan fingerprint density at radius 2 is 1.40 bits per heavy atom.